The summed E-state index contributed by atoms with van der Waals surface area (Å²) in [6.45, 7) is 0.476. The topological polar surface area (TPSA) is 103 Å². The summed E-state index contributed by atoms with van der Waals surface area (Å²) in [7, 11) is 3.27. The average Bonchev–Trinajstić information content (AvgIpc) is 3.61. The number of phenolic OH excluding ortho intramolecular Hbond substituents is 1. The lowest BCUT2D eigenvalue weighted by Gasteiger charge is -2.26. The highest BCUT2D eigenvalue weighted by atomic mass is 16.5. The van der Waals surface area contributed by atoms with Crippen molar-refractivity contribution in [1.82, 2.24) is 20.1 Å². The number of amides is 1. The van der Waals surface area contributed by atoms with Gasteiger partial charge in [0.25, 0.3) is 5.91 Å². The van der Waals surface area contributed by atoms with E-state index in [0.717, 1.165) is 38.9 Å². The Morgan fingerprint density at radius 2 is 1.81 bits per heavy atom. The van der Waals surface area contributed by atoms with Gasteiger partial charge in [-0.3, -0.25) is 9.89 Å². The monoisotopic (exact) mass is 494 g/mol. The van der Waals surface area contributed by atoms with Crippen LogP contribution in [0.4, 0.5) is 0 Å². The largest absolute Gasteiger partial charge is 0.508 e. The Kier molecular flexibility index (Phi) is 5.56. The van der Waals surface area contributed by atoms with Gasteiger partial charge < -0.3 is 24.5 Å². The van der Waals surface area contributed by atoms with Crippen molar-refractivity contribution in [3.8, 4) is 28.5 Å². The van der Waals surface area contributed by atoms with E-state index >= 15 is 0 Å². The maximum atomic E-state index is 13.7. The quantitative estimate of drug-likeness (QED) is 0.293. The van der Waals surface area contributed by atoms with Crippen LogP contribution < -0.4 is 9.47 Å². The van der Waals surface area contributed by atoms with Crippen LogP contribution in [0.5, 0.6) is 17.2 Å². The Hall–Kier alpha value is -4.72. The van der Waals surface area contributed by atoms with E-state index in [-0.39, 0.29) is 11.7 Å². The molecule has 0 aliphatic carbocycles. The van der Waals surface area contributed by atoms with Crippen LogP contribution in [0.2, 0.25) is 0 Å². The first-order valence-electron chi connectivity index (χ1n) is 12.0. The van der Waals surface area contributed by atoms with Crippen LogP contribution in [0.25, 0.3) is 22.2 Å². The molecule has 1 aliphatic rings. The summed E-state index contributed by atoms with van der Waals surface area (Å²) >= 11 is 0. The average molecular weight is 495 g/mol. The van der Waals surface area contributed by atoms with Crippen LogP contribution in [0.15, 0.2) is 72.9 Å². The van der Waals surface area contributed by atoms with Crippen LogP contribution in [0.1, 0.15) is 33.2 Å². The van der Waals surface area contributed by atoms with Crippen molar-refractivity contribution >= 4 is 16.8 Å². The Labute approximate surface area is 213 Å². The van der Waals surface area contributed by atoms with Gasteiger partial charge in [0.15, 0.2) is 0 Å². The molecule has 3 heterocycles. The molecule has 2 aromatic heterocycles. The van der Waals surface area contributed by atoms with E-state index in [0.29, 0.717) is 30.1 Å². The fraction of sp³-hybridized carbons (Fsp3) is 0.172. The summed E-state index contributed by atoms with van der Waals surface area (Å²) in [5.41, 5.74) is 5.73. The molecule has 0 unspecified atom stereocenters. The zero-order valence-corrected chi connectivity index (χ0v) is 20.5. The number of carbonyl (C=O) groups excluding carboxylic acids is 1. The van der Waals surface area contributed by atoms with Crippen molar-refractivity contribution in [3.63, 3.8) is 0 Å². The Morgan fingerprint density at radius 3 is 2.62 bits per heavy atom. The number of H-pyrrole nitrogens is 2. The van der Waals surface area contributed by atoms with E-state index in [2.05, 4.69) is 15.2 Å². The zero-order valence-electron chi connectivity index (χ0n) is 20.5. The van der Waals surface area contributed by atoms with Gasteiger partial charge in [0.2, 0.25) is 0 Å². The van der Waals surface area contributed by atoms with E-state index in [9.17, 15) is 9.90 Å². The van der Waals surface area contributed by atoms with Crippen molar-refractivity contribution in [2.24, 2.45) is 0 Å². The molecule has 0 saturated carbocycles. The van der Waals surface area contributed by atoms with E-state index in [1.807, 2.05) is 59.6 Å². The molecule has 1 aliphatic heterocycles. The van der Waals surface area contributed by atoms with Crippen LogP contribution in [0.3, 0.4) is 0 Å². The number of rotatable bonds is 7. The molecule has 8 heteroatoms. The maximum Gasteiger partial charge on any atom is 0.273 e. The third-order valence-corrected chi connectivity index (χ3v) is 6.99. The van der Waals surface area contributed by atoms with E-state index in [4.69, 9.17) is 9.47 Å². The fourth-order valence-corrected chi connectivity index (χ4v) is 5.19. The third-order valence-electron chi connectivity index (χ3n) is 6.99. The predicted octanol–water partition coefficient (Wildman–Crippen LogP) is 5.07. The van der Waals surface area contributed by atoms with Gasteiger partial charge in [-0.2, -0.15) is 5.10 Å². The first kappa shape index (κ1) is 22.7. The van der Waals surface area contributed by atoms with Gasteiger partial charge in [-0.05, 0) is 60.0 Å². The van der Waals surface area contributed by atoms with Crippen LogP contribution >= 0.6 is 0 Å². The number of hydrogen-bond donors (Lipinski definition) is 3. The minimum atomic E-state index is -0.408. The Bertz CT molecular complexity index is 1620. The summed E-state index contributed by atoms with van der Waals surface area (Å²) in [5.74, 6) is 1.52. The van der Waals surface area contributed by atoms with Crippen LogP contribution in [0, 0.1) is 0 Å². The molecule has 6 rings (SSSR count). The highest BCUT2D eigenvalue weighted by Crippen LogP contribution is 2.43. The highest BCUT2D eigenvalue weighted by Gasteiger charge is 2.42. The molecule has 5 aromatic rings. The van der Waals surface area contributed by atoms with E-state index in [1.165, 1.54) is 0 Å². The number of aromatic hydroxyl groups is 1. The minimum Gasteiger partial charge on any atom is -0.508 e. The number of nitrogens with one attached hydrogen (secondary N) is 2. The molecule has 1 atom stereocenters. The number of carbonyl (C=O) groups is 1. The first-order chi connectivity index (χ1) is 18.1. The molecule has 0 saturated heterocycles. The molecule has 186 valence electrons. The van der Waals surface area contributed by atoms with Gasteiger partial charge in [0.1, 0.15) is 22.9 Å². The maximum absolute atomic E-state index is 13.7. The summed E-state index contributed by atoms with van der Waals surface area (Å²) in [6, 6.07) is 20.2. The lowest BCUT2D eigenvalue weighted by molar-refractivity contribution is 0.0746. The predicted molar refractivity (Wildman–Crippen MR) is 140 cm³/mol. The van der Waals surface area contributed by atoms with Gasteiger partial charge in [-0.1, -0.05) is 24.3 Å². The van der Waals surface area contributed by atoms with E-state index < -0.39 is 6.04 Å². The van der Waals surface area contributed by atoms with Gasteiger partial charge in [0, 0.05) is 34.8 Å². The standard InChI is InChI=1S/C29H26N4O4/c1-36-21-8-4-5-17(14-21)26-25-27(32-31-26)29(35)33(28(25)18-6-3-7-20(34)13-18)12-11-19-16-30-24-10-9-22(37-2)15-23(19)24/h3-10,13-16,28,30,34H,11-12H2,1-2H3,(H,31,32)/t28-/m1/s1. The van der Waals surface area contributed by atoms with Crippen molar-refractivity contribution in [2.45, 2.75) is 12.5 Å². The molecule has 0 bridgehead atoms. The zero-order chi connectivity index (χ0) is 25.5. The highest BCUT2D eigenvalue weighted by molar-refractivity contribution is 6.00. The number of aromatic amines is 2. The van der Waals surface area contributed by atoms with Crippen LogP contribution in [-0.4, -0.2) is 51.9 Å². The van der Waals surface area contributed by atoms with E-state index in [1.54, 1.807) is 32.4 Å². The fourth-order valence-electron chi connectivity index (χ4n) is 5.19. The molecule has 0 radical (unpaired) electrons. The molecule has 0 spiro atoms. The minimum absolute atomic E-state index is 0.123. The first-order valence-corrected chi connectivity index (χ1v) is 12.0. The number of methoxy groups -OCH3 is 2. The molecular weight excluding hydrogens is 468 g/mol. The lowest BCUT2D eigenvalue weighted by Crippen LogP contribution is -2.31. The second-order valence-corrected chi connectivity index (χ2v) is 9.06. The van der Waals surface area contributed by atoms with Gasteiger partial charge >= 0.3 is 0 Å². The second kappa shape index (κ2) is 9.05. The number of nitrogens with zero attached hydrogens (tertiary/aromatic N) is 2. The summed E-state index contributed by atoms with van der Waals surface area (Å²) in [6.07, 6.45) is 2.62. The Morgan fingerprint density at radius 1 is 1.00 bits per heavy atom. The molecule has 3 N–H and O–H groups in total. The normalized spacial score (nSPS) is 14.8. The number of aromatic nitrogens is 3. The molecule has 37 heavy (non-hydrogen) atoms. The second-order valence-electron chi connectivity index (χ2n) is 9.06. The van der Waals surface area contributed by atoms with Gasteiger partial charge in [0.05, 0.1) is 26.0 Å². The smallest absolute Gasteiger partial charge is 0.273 e. The number of hydrogen-bond acceptors (Lipinski definition) is 5. The van der Waals surface area contributed by atoms with Crippen molar-refractivity contribution in [1.29, 1.82) is 0 Å². The van der Waals surface area contributed by atoms with Crippen LogP contribution in [-0.2, 0) is 6.42 Å². The molecular formula is C29H26N4O4. The number of benzene rings is 3. The number of phenols is 1. The van der Waals surface area contributed by atoms with Crippen molar-refractivity contribution in [2.75, 3.05) is 20.8 Å². The van der Waals surface area contributed by atoms with Crippen molar-refractivity contribution in [3.05, 3.63) is 95.3 Å². The summed E-state index contributed by atoms with van der Waals surface area (Å²) < 4.78 is 10.8. The third kappa shape index (κ3) is 3.87. The summed E-state index contributed by atoms with van der Waals surface area (Å²) in [5, 5.41) is 18.8. The van der Waals surface area contributed by atoms with Gasteiger partial charge in [-0.15, -0.1) is 0 Å². The lowest BCUT2D eigenvalue weighted by atomic mass is 9.95. The SMILES string of the molecule is COc1cccc(-c2n[nH]c3c2[C@@H](c2cccc(O)c2)N(CCc2c[nH]c4ccc(OC)cc24)C3=O)c1. The van der Waals surface area contributed by atoms with Crippen molar-refractivity contribution < 1.29 is 19.4 Å². The molecule has 0 fully saturated rings. The molecule has 8 nitrogen and oxygen atoms in total. The molecule has 1 amide bonds. The summed E-state index contributed by atoms with van der Waals surface area (Å²) in [4.78, 5) is 18.9. The van der Waals surface area contributed by atoms with Gasteiger partial charge in [-0.25, -0.2) is 0 Å². The number of fused-ring (bicyclic) bond motifs is 2. The number of ether oxygens (including phenoxy) is 2. The molecule has 3 aromatic carbocycles. The Balaban J connectivity index is 1.40.